The van der Waals surface area contributed by atoms with E-state index in [-0.39, 0.29) is 0 Å². The van der Waals surface area contributed by atoms with Crippen molar-refractivity contribution in [2.24, 2.45) is 0 Å². The van der Waals surface area contributed by atoms with Gasteiger partial charge in [-0.15, -0.1) is 0 Å². The molecule has 9 aromatic carbocycles. The molecule has 0 amide bonds. The molecule has 0 bridgehead atoms. The average Bonchev–Trinajstić information content (AvgIpc) is 3.83. The number of nitriles is 1. The van der Waals surface area contributed by atoms with Crippen molar-refractivity contribution in [2.75, 3.05) is 0 Å². The molecule has 11 rings (SSSR count). The number of aryl methyl sites for hydroxylation is 3. The summed E-state index contributed by atoms with van der Waals surface area (Å²) in [7, 11) is 0. The number of benzene rings is 9. The highest BCUT2D eigenvalue weighted by molar-refractivity contribution is 6.13. The molecule has 0 aliphatic rings. The fourth-order valence-electron chi connectivity index (χ4n) is 9.77. The minimum atomic E-state index is -4.46. The van der Waals surface area contributed by atoms with Gasteiger partial charge >= 0.3 is 6.18 Å². The number of fused-ring (bicyclic) bond motifs is 6. The number of hydrogen-bond acceptors (Lipinski definition) is 1. The molecule has 0 unspecified atom stereocenters. The predicted molar refractivity (Wildman–Crippen MR) is 261 cm³/mol. The Hall–Kier alpha value is -8.14. The van der Waals surface area contributed by atoms with Crippen molar-refractivity contribution in [3.05, 3.63) is 216 Å². The van der Waals surface area contributed by atoms with Gasteiger partial charge in [0.05, 0.1) is 50.6 Å². The van der Waals surface area contributed by atoms with Gasteiger partial charge in [-0.1, -0.05) is 126 Å². The summed E-state index contributed by atoms with van der Waals surface area (Å²) < 4.78 is 46.4. The first-order chi connectivity index (χ1) is 31.5. The van der Waals surface area contributed by atoms with E-state index in [4.69, 9.17) is 0 Å². The second kappa shape index (κ2) is 15.3. The van der Waals surface area contributed by atoms with E-state index in [2.05, 4.69) is 169 Å². The van der Waals surface area contributed by atoms with E-state index >= 15 is 0 Å². The number of rotatable bonds is 6. The van der Waals surface area contributed by atoms with Crippen LogP contribution in [0, 0.1) is 32.1 Å². The lowest BCUT2D eigenvalue weighted by Gasteiger charge is -2.20. The molecule has 0 radical (unpaired) electrons. The van der Waals surface area contributed by atoms with Crippen LogP contribution in [0.25, 0.3) is 99.5 Å². The maximum Gasteiger partial charge on any atom is 0.416 e. The molecule has 2 heterocycles. The lowest BCUT2D eigenvalue weighted by molar-refractivity contribution is -0.137. The molecule has 0 atom stereocenters. The zero-order valence-corrected chi connectivity index (χ0v) is 35.9. The first kappa shape index (κ1) is 39.7. The van der Waals surface area contributed by atoms with E-state index in [0.717, 1.165) is 100.0 Å². The van der Waals surface area contributed by atoms with Gasteiger partial charge in [0.25, 0.3) is 0 Å². The summed E-state index contributed by atoms with van der Waals surface area (Å²) in [5, 5.41) is 14.8. The van der Waals surface area contributed by atoms with Crippen LogP contribution in [0.15, 0.2) is 188 Å². The normalized spacial score (nSPS) is 11.8. The highest BCUT2D eigenvalue weighted by Gasteiger charge is 2.31. The Morgan fingerprint density at radius 1 is 0.400 bits per heavy atom. The first-order valence-corrected chi connectivity index (χ1v) is 21.6. The van der Waals surface area contributed by atoms with Gasteiger partial charge in [0.2, 0.25) is 0 Å². The largest absolute Gasteiger partial charge is 0.416 e. The number of para-hydroxylation sites is 2. The quantitative estimate of drug-likeness (QED) is 0.164. The molecule has 11 aromatic rings. The maximum absolute atomic E-state index is 14.0. The molecule has 0 aliphatic heterocycles. The molecular formula is C59H40F3N3. The number of hydrogen-bond donors (Lipinski definition) is 0. The molecular weight excluding hydrogens is 808 g/mol. The summed E-state index contributed by atoms with van der Waals surface area (Å²) >= 11 is 0. The van der Waals surface area contributed by atoms with E-state index in [9.17, 15) is 18.4 Å². The first-order valence-electron chi connectivity index (χ1n) is 21.6. The molecule has 0 aliphatic carbocycles. The monoisotopic (exact) mass is 847 g/mol. The molecule has 0 saturated heterocycles. The summed E-state index contributed by atoms with van der Waals surface area (Å²) in [6.07, 6.45) is -4.46. The number of alkyl halides is 3. The highest BCUT2D eigenvalue weighted by Crippen LogP contribution is 2.44. The molecule has 0 fully saturated rings. The molecule has 6 heteroatoms. The number of halogens is 3. The van der Waals surface area contributed by atoms with Crippen molar-refractivity contribution in [2.45, 2.75) is 26.9 Å². The van der Waals surface area contributed by atoms with Crippen molar-refractivity contribution >= 4 is 43.6 Å². The third-order valence-corrected chi connectivity index (χ3v) is 12.8. The van der Waals surface area contributed by atoms with E-state index in [1.165, 1.54) is 17.2 Å². The smallest absolute Gasteiger partial charge is 0.309 e. The van der Waals surface area contributed by atoms with Crippen molar-refractivity contribution < 1.29 is 13.2 Å². The zero-order chi connectivity index (χ0) is 44.6. The van der Waals surface area contributed by atoms with Gasteiger partial charge in [0.1, 0.15) is 0 Å². The van der Waals surface area contributed by atoms with E-state index in [1.807, 2.05) is 30.3 Å². The third kappa shape index (κ3) is 6.76. The van der Waals surface area contributed by atoms with Gasteiger partial charge in [0.15, 0.2) is 0 Å². The minimum absolute atomic E-state index is 0.503. The lowest BCUT2D eigenvalue weighted by atomic mass is 9.92. The summed E-state index contributed by atoms with van der Waals surface area (Å²) in [4.78, 5) is 0. The van der Waals surface area contributed by atoms with Crippen LogP contribution in [0.4, 0.5) is 13.2 Å². The molecule has 0 spiro atoms. The van der Waals surface area contributed by atoms with Gasteiger partial charge < -0.3 is 9.13 Å². The predicted octanol–water partition coefficient (Wildman–Crippen LogP) is 16.4. The standard InChI is InChI=1S/C59H40F3N3/c1-36-10-8-12-40(28-36)42-19-25-55-50(32-42)47-14-4-6-16-53(47)64(55)56-27-21-44(46-24-22-45(30-38(46)3)59(60,61)62)34-52(56)49-23-18-39(35-63)31-58(49)65-54-17-7-5-15-48(54)51-33-43(20-26-57(51)65)41-13-9-11-37(2)29-41/h4-34H,1-3H3. The Kier molecular flexibility index (Phi) is 9.34. The second-order valence-electron chi connectivity index (χ2n) is 17.0. The van der Waals surface area contributed by atoms with Crippen LogP contribution in [0.3, 0.4) is 0 Å². The number of nitrogens with zero attached hydrogens (tertiary/aromatic N) is 3. The van der Waals surface area contributed by atoms with Crippen LogP contribution in [0.1, 0.15) is 27.8 Å². The molecule has 0 saturated carbocycles. The molecule has 0 N–H and O–H groups in total. The van der Waals surface area contributed by atoms with Crippen molar-refractivity contribution in [3.8, 4) is 62.0 Å². The molecule has 3 nitrogen and oxygen atoms in total. The van der Waals surface area contributed by atoms with Crippen molar-refractivity contribution in [1.82, 2.24) is 9.13 Å². The van der Waals surface area contributed by atoms with E-state index < -0.39 is 11.7 Å². The summed E-state index contributed by atoms with van der Waals surface area (Å²) in [5.74, 6) is 0. The van der Waals surface area contributed by atoms with Gasteiger partial charge in [-0.25, -0.2) is 0 Å². The van der Waals surface area contributed by atoms with Crippen LogP contribution in [-0.2, 0) is 6.18 Å². The highest BCUT2D eigenvalue weighted by atomic mass is 19.4. The van der Waals surface area contributed by atoms with E-state index in [1.54, 1.807) is 13.0 Å². The van der Waals surface area contributed by atoms with Crippen LogP contribution >= 0.6 is 0 Å². The lowest BCUT2D eigenvalue weighted by Crippen LogP contribution is -2.05. The summed E-state index contributed by atoms with van der Waals surface area (Å²) in [5.41, 5.74) is 16.1. The van der Waals surface area contributed by atoms with Crippen molar-refractivity contribution in [1.29, 1.82) is 5.26 Å². The van der Waals surface area contributed by atoms with Crippen LogP contribution in [0.5, 0.6) is 0 Å². The molecule has 65 heavy (non-hydrogen) atoms. The fraction of sp³-hybridized carbons (Fsp3) is 0.0678. The SMILES string of the molecule is Cc1cccc(-c2ccc3c(c2)c2ccccc2n3-c2ccc(-c3ccc(C(F)(F)F)cc3C)cc2-c2ccc(C#N)cc2-n2c3ccccc3c3cc(-c4cccc(C)c4)ccc32)c1. The fourth-order valence-corrected chi connectivity index (χ4v) is 9.77. The Morgan fingerprint density at radius 2 is 0.923 bits per heavy atom. The van der Waals surface area contributed by atoms with Gasteiger partial charge in [-0.2, -0.15) is 18.4 Å². The van der Waals surface area contributed by atoms with Gasteiger partial charge in [0, 0.05) is 32.7 Å². The third-order valence-electron chi connectivity index (χ3n) is 12.8. The topological polar surface area (TPSA) is 33.6 Å². The van der Waals surface area contributed by atoms with Crippen LogP contribution in [0.2, 0.25) is 0 Å². The van der Waals surface area contributed by atoms with Crippen LogP contribution < -0.4 is 0 Å². The minimum Gasteiger partial charge on any atom is -0.309 e. The van der Waals surface area contributed by atoms with Crippen molar-refractivity contribution in [3.63, 3.8) is 0 Å². The molecule has 2 aromatic heterocycles. The number of aromatic nitrogens is 2. The van der Waals surface area contributed by atoms with Gasteiger partial charge in [-0.3, -0.25) is 0 Å². The molecule has 312 valence electrons. The second-order valence-corrected chi connectivity index (χ2v) is 17.0. The maximum atomic E-state index is 14.0. The summed E-state index contributed by atoms with van der Waals surface area (Å²) in [6, 6.07) is 65.3. The Balaban J connectivity index is 1.21. The van der Waals surface area contributed by atoms with E-state index in [0.29, 0.717) is 16.7 Å². The summed E-state index contributed by atoms with van der Waals surface area (Å²) in [6.45, 7) is 5.93. The Morgan fingerprint density at radius 3 is 1.48 bits per heavy atom. The van der Waals surface area contributed by atoms with Crippen LogP contribution in [-0.4, -0.2) is 9.13 Å². The van der Waals surface area contributed by atoms with Gasteiger partial charge in [-0.05, 0) is 133 Å². The Bertz CT molecular complexity index is 3760. The zero-order valence-electron chi connectivity index (χ0n) is 35.9. The average molecular weight is 848 g/mol. The Labute approximate surface area is 374 Å².